The lowest BCUT2D eigenvalue weighted by Gasteiger charge is -2.06. The van der Waals surface area contributed by atoms with E-state index in [0.717, 1.165) is 12.4 Å². The number of carboxylic acids is 1. The highest BCUT2D eigenvalue weighted by Gasteiger charge is 2.18. The molecular weight excluding hydrogens is 196 g/mol. The van der Waals surface area contributed by atoms with Gasteiger partial charge in [0.05, 0.1) is 18.1 Å². The molecule has 0 amide bonds. The second kappa shape index (κ2) is 4.05. The minimum atomic E-state index is -2.79. The Morgan fingerprint density at radius 1 is 1.43 bits per heavy atom. The fourth-order valence-corrected chi connectivity index (χ4v) is 0.778. The molecule has 5 nitrogen and oxygen atoms in total. The van der Waals surface area contributed by atoms with Gasteiger partial charge in [-0.1, -0.05) is 0 Å². The molecule has 0 saturated carbocycles. The van der Waals surface area contributed by atoms with Crippen molar-refractivity contribution in [2.75, 3.05) is 0 Å². The van der Waals surface area contributed by atoms with E-state index in [9.17, 15) is 13.6 Å². The largest absolute Gasteiger partial charge is 0.480 e. The number of hydrogen-bond acceptors (Lipinski definition) is 4. The lowest BCUT2D eigenvalue weighted by atomic mass is 10.2. The summed E-state index contributed by atoms with van der Waals surface area (Å²) in [7, 11) is 0. The van der Waals surface area contributed by atoms with Crippen LogP contribution in [0.4, 0.5) is 8.78 Å². The first-order chi connectivity index (χ1) is 6.52. The molecule has 0 fully saturated rings. The predicted molar refractivity (Wildman–Crippen MR) is 41.6 cm³/mol. The monoisotopic (exact) mass is 203 g/mol. The van der Waals surface area contributed by atoms with Crippen molar-refractivity contribution in [2.24, 2.45) is 5.73 Å². The average molecular weight is 203 g/mol. The normalized spacial score (nSPS) is 12.9. The molecule has 0 bridgehead atoms. The summed E-state index contributed by atoms with van der Waals surface area (Å²) >= 11 is 0. The summed E-state index contributed by atoms with van der Waals surface area (Å²) in [5.74, 6) is -1.34. The highest BCUT2D eigenvalue weighted by Crippen LogP contribution is 2.16. The van der Waals surface area contributed by atoms with Gasteiger partial charge in [-0.3, -0.25) is 9.78 Å². The van der Waals surface area contributed by atoms with Crippen LogP contribution in [0.1, 0.15) is 23.9 Å². The van der Waals surface area contributed by atoms with E-state index in [-0.39, 0.29) is 5.69 Å². The lowest BCUT2D eigenvalue weighted by molar-refractivity contribution is -0.138. The van der Waals surface area contributed by atoms with Gasteiger partial charge in [0.15, 0.2) is 0 Å². The van der Waals surface area contributed by atoms with Gasteiger partial charge >= 0.3 is 5.97 Å². The van der Waals surface area contributed by atoms with Crippen molar-refractivity contribution in [3.05, 3.63) is 23.8 Å². The van der Waals surface area contributed by atoms with Crippen LogP contribution in [0.25, 0.3) is 0 Å². The Morgan fingerprint density at radius 2 is 2.00 bits per heavy atom. The van der Waals surface area contributed by atoms with Crippen molar-refractivity contribution < 1.29 is 18.7 Å². The number of carbonyl (C=O) groups is 1. The number of aliphatic carboxylic acids is 1. The fourth-order valence-electron chi connectivity index (χ4n) is 0.778. The average Bonchev–Trinajstić information content (AvgIpc) is 2.16. The molecule has 1 aromatic heterocycles. The van der Waals surface area contributed by atoms with Gasteiger partial charge < -0.3 is 10.8 Å². The molecule has 0 aliphatic rings. The number of aromatic nitrogens is 2. The van der Waals surface area contributed by atoms with Crippen LogP contribution < -0.4 is 5.73 Å². The van der Waals surface area contributed by atoms with Crippen LogP contribution in [0, 0.1) is 0 Å². The number of carboxylic acid groups (broad SMARTS) is 1. The Labute approximate surface area is 77.6 Å². The molecule has 1 aromatic rings. The van der Waals surface area contributed by atoms with E-state index in [1.807, 2.05) is 0 Å². The molecule has 1 heterocycles. The zero-order chi connectivity index (χ0) is 10.7. The number of halogens is 2. The van der Waals surface area contributed by atoms with Crippen LogP contribution in [0.3, 0.4) is 0 Å². The van der Waals surface area contributed by atoms with Gasteiger partial charge in [0, 0.05) is 0 Å². The molecule has 1 unspecified atom stereocenters. The van der Waals surface area contributed by atoms with Crippen LogP contribution in [0.15, 0.2) is 12.4 Å². The number of rotatable bonds is 3. The third-order valence-corrected chi connectivity index (χ3v) is 1.48. The molecule has 0 aliphatic carbocycles. The molecule has 3 N–H and O–H groups in total. The van der Waals surface area contributed by atoms with E-state index in [1.54, 1.807) is 0 Å². The van der Waals surface area contributed by atoms with Crippen molar-refractivity contribution in [3.63, 3.8) is 0 Å². The van der Waals surface area contributed by atoms with E-state index in [0.29, 0.717) is 0 Å². The predicted octanol–water partition coefficient (Wildman–Crippen LogP) is 0.499. The molecule has 0 aromatic carbocycles. The van der Waals surface area contributed by atoms with Crippen molar-refractivity contribution in [3.8, 4) is 0 Å². The second-order valence-corrected chi connectivity index (χ2v) is 2.49. The summed E-state index contributed by atoms with van der Waals surface area (Å²) in [5.41, 5.74) is 4.39. The smallest absolute Gasteiger partial charge is 0.326 e. The van der Waals surface area contributed by atoms with Crippen LogP contribution in [0.5, 0.6) is 0 Å². The number of nitrogens with two attached hydrogens (primary N) is 1. The van der Waals surface area contributed by atoms with Gasteiger partial charge in [0.1, 0.15) is 11.7 Å². The van der Waals surface area contributed by atoms with E-state index >= 15 is 0 Å². The summed E-state index contributed by atoms with van der Waals surface area (Å²) in [6.45, 7) is 0. The van der Waals surface area contributed by atoms with Crippen molar-refractivity contribution in [1.29, 1.82) is 0 Å². The summed E-state index contributed by atoms with van der Waals surface area (Å²) in [4.78, 5) is 17.2. The Bertz CT molecular complexity index is 345. The van der Waals surface area contributed by atoms with Gasteiger partial charge in [-0.2, -0.15) is 0 Å². The zero-order valence-corrected chi connectivity index (χ0v) is 6.89. The van der Waals surface area contributed by atoms with Gasteiger partial charge in [0.25, 0.3) is 6.43 Å². The van der Waals surface area contributed by atoms with Crippen LogP contribution in [0.2, 0.25) is 0 Å². The maximum absolute atomic E-state index is 12.1. The van der Waals surface area contributed by atoms with Crippen LogP contribution >= 0.6 is 0 Å². The number of hydrogen-bond donors (Lipinski definition) is 2. The summed E-state index contributed by atoms with van der Waals surface area (Å²) in [6, 6.07) is -1.43. The first kappa shape index (κ1) is 10.5. The number of nitrogens with zero attached hydrogens (tertiary/aromatic N) is 2. The van der Waals surface area contributed by atoms with Gasteiger partial charge in [-0.15, -0.1) is 0 Å². The molecule has 7 heteroatoms. The quantitative estimate of drug-likeness (QED) is 0.746. The molecule has 14 heavy (non-hydrogen) atoms. The Balaban J connectivity index is 2.99. The lowest BCUT2D eigenvalue weighted by Crippen LogP contribution is -2.22. The zero-order valence-electron chi connectivity index (χ0n) is 6.89. The SMILES string of the molecule is NC(C(=O)O)c1cncc(C(F)F)n1. The number of alkyl halides is 2. The standard InChI is InChI=1S/C7H7F2N3O2/c8-6(9)4-2-11-1-3(12-4)5(10)7(13)14/h1-2,5-6H,10H2,(H,13,14). The Kier molecular flexibility index (Phi) is 3.03. The maximum atomic E-state index is 12.1. The van der Waals surface area contributed by atoms with Gasteiger partial charge in [0.2, 0.25) is 0 Å². The Hall–Kier alpha value is -1.63. The third kappa shape index (κ3) is 2.19. The Morgan fingerprint density at radius 3 is 2.50 bits per heavy atom. The van der Waals surface area contributed by atoms with E-state index < -0.39 is 24.1 Å². The first-order valence-electron chi connectivity index (χ1n) is 3.60. The van der Waals surface area contributed by atoms with Crippen molar-refractivity contribution in [2.45, 2.75) is 12.5 Å². The highest BCUT2D eigenvalue weighted by molar-refractivity contribution is 5.74. The molecule has 0 saturated heterocycles. The third-order valence-electron chi connectivity index (χ3n) is 1.48. The summed E-state index contributed by atoms with van der Waals surface area (Å²) < 4.78 is 24.2. The first-order valence-corrected chi connectivity index (χ1v) is 3.60. The van der Waals surface area contributed by atoms with E-state index in [2.05, 4.69) is 9.97 Å². The molecular formula is C7H7F2N3O2. The van der Waals surface area contributed by atoms with E-state index in [1.165, 1.54) is 0 Å². The van der Waals surface area contributed by atoms with E-state index in [4.69, 9.17) is 10.8 Å². The summed E-state index contributed by atoms with van der Waals surface area (Å²) in [5, 5.41) is 8.48. The summed E-state index contributed by atoms with van der Waals surface area (Å²) in [6.07, 6.45) is -0.878. The molecule has 0 spiro atoms. The van der Waals surface area contributed by atoms with Crippen molar-refractivity contribution >= 4 is 5.97 Å². The fraction of sp³-hybridized carbons (Fsp3) is 0.286. The highest BCUT2D eigenvalue weighted by atomic mass is 19.3. The topological polar surface area (TPSA) is 89.1 Å². The minimum absolute atomic E-state index is 0.185. The van der Waals surface area contributed by atoms with Gasteiger partial charge in [-0.05, 0) is 0 Å². The maximum Gasteiger partial charge on any atom is 0.326 e. The minimum Gasteiger partial charge on any atom is -0.480 e. The molecule has 1 rings (SSSR count). The van der Waals surface area contributed by atoms with Gasteiger partial charge in [-0.25, -0.2) is 13.8 Å². The molecule has 0 aliphatic heterocycles. The van der Waals surface area contributed by atoms with Crippen LogP contribution in [-0.4, -0.2) is 21.0 Å². The second-order valence-electron chi connectivity index (χ2n) is 2.49. The van der Waals surface area contributed by atoms with Crippen LogP contribution in [-0.2, 0) is 4.79 Å². The molecule has 1 atom stereocenters. The van der Waals surface area contributed by atoms with Crippen molar-refractivity contribution in [1.82, 2.24) is 9.97 Å². The molecule has 0 radical (unpaired) electrons. The molecule has 76 valence electrons.